The molecule has 1 saturated heterocycles. The summed E-state index contributed by atoms with van der Waals surface area (Å²) in [5, 5.41) is 13.6. The molecule has 1 aliphatic rings. The third kappa shape index (κ3) is 4.31. The Kier molecular flexibility index (Phi) is 5.63. The van der Waals surface area contributed by atoms with Crippen molar-refractivity contribution in [3.05, 3.63) is 28.8 Å². The Morgan fingerprint density at radius 3 is 2.22 bits per heavy atom. The molecule has 1 heterocycles. The molecule has 2 rings (SSSR count). The summed E-state index contributed by atoms with van der Waals surface area (Å²) in [6.45, 7) is 13.1. The summed E-state index contributed by atoms with van der Waals surface area (Å²) in [4.78, 5) is 11.5. The van der Waals surface area contributed by atoms with Gasteiger partial charge in [-0.1, -0.05) is 47.6 Å². The van der Waals surface area contributed by atoms with Crippen LogP contribution in [0.4, 0.5) is 4.79 Å². The number of hydrogen-bond donors (Lipinski definition) is 2. The molecule has 4 nitrogen and oxygen atoms in total. The van der Waals surface area contributed by atoms with Gasteiger partial charge in [-0.05, 0) is 28.0 Å². The maximum absolute atomic E-state index is 11.5. The van der Waals surface area contributed by atoms with Crippen LogP contribution in [0.3, 0.4) is 0 Å². The van der Waals surface area contributed by atoms with E-state index >= 15 is 0 Å². The SMILES string of the molecule is CC(C)(C)c1cc([C@@H]2CCOC(=O)N2)c(O)c(C(C)(C)C)c1.Cl. The fraction of sp³-hybridized carbons (Fsp3) is 0.611. The van der Waals surface area contributed by atoms with Crippen LogP contribution in [-0.2, 0) is 15.6 Å². The van der Waals surface area contributed by atoms with Crippen molar-refractivity contribution in [2.24, 2.45) is 0 Å². The molecule has 0 aliphatic carbocycles. The Balaban J connectivity index is 0.00000264. The van der Waals surface area contributed by atoms with E-state index in [1.807, 2.05) is 6.07 Å². The predicted octanol–water partition coefficient (Wildman–Crippen LogP) is 4.58. The zero-order valence-corrected chi connectivity index (χ0v) is 15.6. The Hall–Kier alpha value is -1.42. The Bertz CT molecular complexity index is 585. The molecule has 5 heteroatoms. The topological polar surface area (TPSA) is 58.6 Å². The maximum Gasteiger partial charge on any atom is 0.407 e. The molecular formula is C18H28ClNO3. The lowest BCUT2D eigenvalue weighted by atomic mass is 9.78. The lowest BCUT2D eigenvalue weighted by Gasteiger charge is -2.31. The molecule has 1 aromatic carbocycles. The van der Waals surface area contributed by atoms with Crippen LogP contribution in [0, 0.1) is 0 Å². The molecule has 1 fully saturated rings. The van der Waals surface area contributed by atoms with Gasteiger partial charge in [0.1, 0.15) is 5.75 Å². The van der Waals surface area contributed by atoms with E-state index in [0.29, 0.717) is 13.0 Å². The summed E-state index contributed by atoms with van der Waals surface area (Å²) in [6.07, 6.45) is 0.241. The number of cyclic esters (lactones) is 1. The number of amides is 1. The molecule has 1 aromatic rings. The highest BCUT2D eigenvalue weighted by atomic mass is 35.5. The number of rotatable bonds is 1. The Morgan fingerprint density at radius 1 is 1.13 bits per heavy atom. The van der Waals surface area contributed by atoms with E-state index in [1.165, 1.54) is 0 Å². The zero-order chi connectivity index (χ0) is 16.7. The average molecular weight is 342 g/mol. The van der Waals surface area contributed by atoms with Crippen LogP contribution < -0.4 is 5.32 Å². The number of benzene rings is 1. The molecule has 2 N–H and O–H groups in total. The van der Waals surface area contributed by atoms with Crippen LogP contribution in [-0.4, -0.2) is 17.8 Å². The van der Waals surface area contributed by atoms with E-state index in [4.69, 9.17) is 4.74 Å². The molecule has 130 valence electrons. The number of alkyl carbamates (subject to hydrolysis) is 1. The van der Waals surface area contributed by atoms with Gasteiger partial charge in [0.15, 0.2) is 0 Å². The van der Waals surface area contributed by atoms with Gasteiger partial charge in [-0.2, -0.15) is 0 Å². The Labute approximate surface area is 145 Å². The number of phenolic OH excluding ortho intramolecular Hbond substituents is 1. The van der Waals surface area contributed by atoms with E-state index in [9.17, 15) is 9.90 Å². The highest BCUT2D eigenvalue weighted by molar-refractivity contribution is 5.85. The van der Waals surface area contributed by atoms with Gasteiger partial charge in [-0.3, -0.25) is 0 Å². The second kappa shape index (κ2) is 6.60. The van der Waals surface area contributed by atoms with Gasteiger partial charge >= 0.3 is 6.09 Å². The first kappa shape index (κ1) is 19.6. The first-order valence-corrected chi connectivity index (χ1v) is 7.81. The summed E-state index contributed by atoms with van der Waals surface area (Å²) in [5.74, 6) is 0.285. The van der Waals surface area contributed by atoms with Gasteiger partial charge in [-0.15, -0.1) is 12.4 Å². The van der Waals surface area contributed by atoms with E-state index in [1.54, 1.807) is 0 Å². The lowest BCUT2D eigenvalue weighted by Crippen LogP contribution is -2.35. The minimum Gasteiger partial charge on any atom is -0.507 e. The van der Waals surface area contributed by atoms with Gasteiger partial charge in [0, 0.05) is 12.0 Å². The van der Waals surface area contributed by atoms with E-state index in [-0.39, 0.29) is 35.0 Å². The van der Waals surface area contributed by atoms with Crippen molar-refractivity contribution in [1.82, 2.24) is 5.32 Å². The average Bonchev–Trinajstić information content (AvgIpc) is 2.36. The normalized spacial score (nSPS) is 18.7. The van der Waals surface area contributed by atoms with Gasteiger partial charge < -0.3 is 15.2 Å². The van der Waals surface area contributed by atoms with Crippen LogP contribution in [0.15, 0.2) is 12.1 Å². The van der Waals surface area contributed by atoms with Crippen LogP contribution >= 0.6 is 12.4 Å². The van der Waals surface area contributed by atoms with Crippen molar-refractivity contribution in [2.45, 2.75) is 64.8 Å². The molecule has 1 amide bonds. The number of hydrogen-bond acceptors (Lipinski definition) is 3. The molecule has 0 saturated carbocycles. The number of nitrogens with one attached hydrogen (secondary N) is 1. The first-order chi connectivity index (χ1) is 10.00. The summed E-state index contributed by atoms with van der Waals surface area (Å²) >= 11 is 0. The number of ether oxygens (including phenoxy) is 1. The van der Waals surface area contributed by atoms with Gasteiger partial charge in [-0.25, -0.2) is 4.79 Å². The van der Waals surface area contributed by atoms with Crippen molar-refractivity contribution in [2.75, 3.05) is 6.61 Å². The summed E-state index contributed by atoms with van der Waals surface area (Å²) in [5.41, 5.74) is 2.66. The highest BCUT2D eigenvalue weighted by Crippen LogP contribution is 2.40. The fourth-order valence-electron chi connectivity index (χ4n) is 2.69. The third-order valence-electron chi connectivity index (χ3n) is 4.12. The van der Waals surface area contributed by atoms with Gasteiger partial charge in [0.05, 0.1) is 12.6 Å². The second-order valence-electron chi connectivity index (χ2n) is 8.08. The van der Waals surface area contributed by atoms with E-state index in [2.05, 4.69) is 52.9 Å². The van der Waals surface area contributed by atoms with Gasteiger partial charge in [0.2, 0.25) is 0 Å². The third-order valence-corrected chi connectivity index (χ3v) is 4.12. The number of halogens is 1. The van der Waals surface area contributed by atoms with Crippen molar-refractivity contribution in [3.63, 3.8) is 0 Å². The predicted molar refractivity (Wildman–Crippen MR) is 94.6 cm³/mol. The minimum absolute atomic E-state index is 0. The van der Waals surface area contributed by atoms with Crippen molar-refractivity contribution in [3.8, 4) is 5.75 Å². The molecule has 1 atom stereocenters. The summed E-state index contributed by atoms with van der Waals surface area (Å²) < 4.78 is 4.93. The van der Waals surface area contributed by atoms with Crippen LogP contribution in [0.2, 0.25) is 0 Å². The number of carbonyl (C=O) groups is 1. The van der Waals surface area contributed by atoms with Crippen LogP contribution in [0.5, 0.6) is 5.75 Å². The van der Waals surface area contributed by atoms with Gasteiger partial charge in [0.25, 0.3) is 0 Å². The molecule has 0 spiro atoms. The maximum atomic E-state index is 11.5. The first-order valence-electron chi connectivity index (χ1n) is 7.81. The van der Waals surface area contributed by atoms with Crippen LogP contribution in [0.1, 0.15) is 70.7 Å². The molecular weight excluding hydrogens is 314 g/mol. The summed E-state index contributed by atoms with van der Waals surface area (Å²) in [6, 6.07) is 3.89. The zero-order valence-electron chi connectivity index (χ0n) is 14.8. The lowest BCUT2D eigenvalue weighted by molar-refractivity contribution is 0.115. The monoisotopic (exact) mass is 341 g/mol. The number of phenols is 1. The molecule has 1 aliphatic heterocycles. The highest BCUT2D eigenvalue weighted by Gasteiger charge is 2.30. The minimum atomic E-state index is -0.422. The number of carbonyl (C=O) groups excluding carboxylic acids is 1. The van der Waals surface area contributed by atoms with Crippen LogP contribution in [0.25, 0.3) is 0 Å². The van der Waals surface area contributed by atoms with Crippen molar-refractivity contribution < 1.29 is 14.6 Å². The van der Waals surface area contributed by atoms with Crippen molar-refractivity contribution in [1.29, 1.82) is 0 Å². The summed E-state index contributed by atoms with van der Waals surface area (Å²) in [7, 11) is 0. The molecule has 0 unspecified atom stereocenters. The quantitative estimate of drug-likeness (QED) is 0.786. The Morgan fingerprint density at radius 2 is 1.74 bits per heavy atom. The van der Waals surface area contributed by atoms with E-state index < -0.39 is 6.09 Å². The largest absolute Gasteiger partial charge is 0.507 e. The number of aromatic hydroxyl groups is 1. The molecule has 23 heavy (non-hydrogen) atoms. The smallest absolute Gasteiger partial charge is 0.407 e. The molecule has 0 bridgehead atoms. The molecule has 0 aromatic heterocycles. The molecule has 0 radical (unpaired) electrons. The fourth-order valence-corrected chi connectivity index (χ4v) is 2.69. The second-order valence-corrected chi connectivity index (χ2v) is 8.08. The van der Waals surface area contributed by atoms with Crippen molar-refractivity contribution >= 4 is 18.5 Å². The standard InChI is InChI=1S/C18H27NO3.ClH/c1-17(2,3)11-9-12(14-7-8-22-16(21)19-14)15(20)13(10-11)18(4,5)6;/h9-10,14,20H,7-8H2,1-6H3,(H,19,21);1H/t14-;/m0./s1. The van der Waals surface area contributed by atoms with E-state index in [0.717, 1.165) is 16.7 Å².